The van der Waals surface area contributed by atoms with Crippen LogP contribution in [0.15, 0.2) is 36.9 Å². The van der Waals surface area contributed by atoms with Crippen molar-refractivity contribution in [1.29, 1.82) is 0 Å². The molecular formula is C19H22N2O4. The Balaban J connectivity index is 1.39. The summed E-state index contributed by atoms with van der Waals surface area (Å²) in [6, 6.07) is 7.51. The molecule has 3 aliphatic rings. The molecule has 2 heterocycles. The summed E-state index contributed by atoms with van der Waals surface area (Å²) in [6.45, 7) is 5.67. The molecule has 1 saturated carbocycles. The van der Waals surface area contributed by atoms with Gasteiger partial charge in [-0.2, -0.15) is 0 Å². The minimum Gasteiger partial charge on any atom is -0.486 e. The molecule has 1 atom stereocenters. The quantitative estimate of drug-likeness (QED) is 0.783. The number of amides is 2. The SMILES string of the molecule is C=CC(=O)N1CCN(C(=O)CC2COc3ccccc3O2)C2(CC2)C1. The number of carbonyl (C=O) groups is 2. The van der Waals surface area contributed by atoms with Crippen LogP contribution in [0.5, 0.6) is 11.5 Å². The minimum absolute atomic E-state index is 0.0565. The predicted octanol–water partition coefficient (Wildman–Crippen LogP) is 1.61. The van der Waals surface area contributed by atoms with Gasteiger partial charge in [-0.15, -0.1) is 0 Å². The third kappa shape index (κ3) is 2.97. The average Bonchev–Trinajstić information content (AvgIpc) is 3.40. The first-order valence-corrected chi connectivity index (χ1v) is 8.72. The fourth-order valence-electron chi connectivity index (χ4n) is 3.72. The summed E-state index contributed by atoms with van der Waals surface area (Å²) >= 11 is 0. The number of ether oxygens (including phenoxy) is 2. The Labute approximate surface area is 147 Å². The molecule has 1 saturated heterocycles. The van der Waals surface area contributed by atoms with Crippen LogP contribution in [0.4, 0.5) is 0 Å². The monoisotopic (exact) mass is 342 g/mol. The van der Waals surface area contributed by atoms with Gasteiger partial charge in [-0.1, -0.05) is 18.7 Å². The number of para-hydroxylation sites is 2. The molecule has 1 aliphatic carbocycles. The Morgan fingerprint density at radius 3 is 2.72 bits per heavy atom. The lowest BCUT2D eigenvalue weighted by Crippen LogP contribution is -2.58. The van der Waals surface area contributed by atoms with Gasteiger partial charge in [0.15, 0.2) is 11.5 Å². The zero-order chi connectivity index (χ0) is 17.4. The summed E-state index contributed by atoms with van der Waals surface area (Å²) in [7, 11) is 0. The maximum Gasteiger partial charge on any atom is 0.246 e. The van der Waals surface area contributed by atoms with Gasteiger partial charge in [0, 0.05) is 19.6 Å². The third-order valence-electron chi connectivity index (χ3n) is 5.24. The van der Waals surface area contributed by atoms with E-state index in [0.29, 0.717) is 38.4 Å². The summed E-state index contributed by atoms with van der Waals surface area (Å²) in [5, 5.41) is 0. The number of nitrogens with zero attached hydrogens (tertiary/aromatic N) is 2. The lowest BCUT2D eigenvalue weighted by Gasteiger charge is -2.42. The molecule has 1 aromatic rings. The highest BCUT2D eigenvalue weighted by molar-refractivity contribution is 5.87. The summed E-state index contributed by atoms with van der Waals surface area (Å²) in [6.07, 6.45) is 3.27. The molecule has 4 rings (SSSR count). The van der Waals surface area contributed by atoms with E-state index >= 15 is 0 Å². The predicted molar refractivity (Wildman–Crippen MR) is 91.4 cm³/mol. The number of rotatable bonds is 3. The van der Waals surface area contributed by atoms with Crippen LogP contribution in [-0.4, -0.2) is 59.5 Å². The molecule has 0 radical (unpaired) electrons. The molecule has 25 heavy (non-hydrogen) atoms. The Morgan fingerprint density at radius 2 is 2.00 bits per heavy atom. The maximum absolute atomic E-state index is 12.8. The van der Waals surface area contributed by atoms with E-state index in [1.807, 2.05) is 29.2 Å². The van der Waals surface area contributed by atoms with Gasteiger partial charge in [0.05, 0.1) is 12.0 Å². The molecule has 2 fully saturated rings. The van der Waals surface area contributed by atoms with Gasteiger partial charge in [0.1, 0.15) is 12.7 Å². The van der Waals surface area contributed by atoms with Crippen LogP contribution in [0.25, 0.3) is 0 Å². The first-order chi connectivity index (χ1) is 12.1. The van der Waals surface area contributed by atoms with Crippen LogP contribution in [-0.2, 0) is 9.59 Å². The number of hydrogen-bond acceptors (Lipinski definition) is 4. The molecule has 6 nitrogen and oxygen atoms in total. The van der Waals surface area contributed by atoms with Crippen molar-refractivity contribution in [2.75, 3.05) is 26.2 Å². The number of hydrogen-bond donors (Lipinski definition) is 0. The van der Waals surface area contributed by atoms with Crippen molar-refractivity contribution >= 4 is 11.8 Å². The molecule has 1 aromatic carbocycles. The summed E-state index contributed by atoms with van der Waals surface area (Å²) in [4.78, 5) is 28.4. The summed E-state index contributed by atoms with van der Waals surface area (Å²) in [5.41, 5.74) is -0.179. The second-order valence-corrected chi connectivity index (χ2v) is 6.94. The van der Waals surface area contributed by atoms with Crippen molar-refractivity contribution < 1.29 is 19.1 Å². The van der Waals surface area contributed by atoms with Crippen molar-refractivity contribution in [3.05, 3.63) is 36.9 Å². The number of piperazine rings is 1. The van der Waals surface area contributed by atoms with E-state index in [1.54, 1.807) is 4.90 Å². The Hall–Kier alpha value is -2.50. The van der Waals surface area contributed by atoms with Crippen molar-refractivity contribution in [1.82, 2.24) is 9.80 Å². The third-order valence-corrected chi connectivity index (χ3v) is 5.24. The van der Waals surface area contributed by atoms with Crippen molar-refractivity contribution in [3.63, 3.8) is 0 Å². The zero-order valence-corrected chi connectivity index (χ0v) is 14.1. The van der Waals surface area contributed by atoms with E-state index in [9.17, 15) is 9.59 Å². The molecule has 2 aliphatic heterocycles. The smallest absolute Gasteiger partial charge is 0.246 e. The van der Waals surface area contributed by atoms with Crippen molar-refractivity contribution in [2.45, 2.75) is 30.9 Å². The average molecular weight is 342 g/mol. The minimum atomic E-state index is -0.272. The molecule has 6 heteroatoms. The summed E-state index contributed by atoms with van der Waals surface area (Å²) in [5.74, 6) is 1.44. The van der Waals surface area contributed by atoms with Crippen LogP contribution in [0.1, 0.15) is 19.3 Å². The molecule has 0 aromatic heterocycles. The second-order valence-electron chi connectivity index (χ2n) is 6.94. The topological polar surface area (TPSA) is 59.1 Å². The van der Waals surface area contributed by atoms with Gasteiger partial charge >= 0.3 is 0 Å². The van der Waals surface area contributed by atoms with Crippen LogP contribution in [0.2, 0.25) is 0 Å². The largest absolute Gasteiger partial charge is 0.486 e. The number of carbonyl (C=O) groups excluding carboxylic acids is 2. The molecule has 2 amide bonds. The van der Waals surface area contributed by atoms with Gasteiger partial charge in [-0.3, -0.25) is 9.59 Å². The maximum atomic E-state index is 12.8. The molecule has 1 unspecified atom stereocenters. The molecular weight excluding hydrogens is 320 g/mol. The van der Waals surface area contributed by atoms with Crippen LogP contribution in [0, 0.1) is 0 Å². The first-order valence-electron chi connectivity index (χ1n) is 8.72. The van der Waals surface area contributed by atoms with Crippen molar-refractivity contribution in [3.8, 4) is 11.5 Å². The van der Waals surface area contributed by atoms with Gasteiger partial charge in [0.2, 0.25) is 11.8 Å². The van der Waals surface area contributed by atoms with Gasteiger partial charge in [0.25, 0.3) is 0 Å². The van der Waals surface area contributed by atoms with Crippen LogP contribution >= 0.6 is 0 Å². The van der Waals surface area contributed by atoms with E-state index in [1.165, 1.54) is 6.08 Å². The second kappa shape index (κ2) is 6.10. The van der Waals surface area contributed by atoms with Crippen LogP contribution in [0.3, 0.4) is 0 Å². The number of fused-ring (bicyclic) bond motifs is 1. The summed E-state index contributed by atoms with van der Waals surface area (Å²) < 4.78 is 11.6. The van der Waals surface area contributed by atoms with Gasteiger partial charge in [-0.05, 0) is 31.1 Å². The Morgan fingerprint density at radius 1 is 1.24 bits per heavy atom. The van der Waals surface area contributed by atoms with E-state index < -0.39 is 0 Å². The normalized spacial score (nSPS) is 23.3. The standard InChI is InChI=1S/C19H22N2O4/c1-2-17(22)20-9-10-21(19(13-20)7-8-19)18(23)11-14-12-24-15-5-3-4-6-16(15)25-14/h2-6,14H,1,7-13H2. The van der Waals surface area contributed by atoms with E-state index in [-0.39, 0.29) is 23.5 Å². The Bertz CT molecular complexity index is 713. The zero-order valence-electron chi connectivity index (χ0n) is 14.1. The highest BCUT2D eigenvalue weighted by atomic mass is 16.6. The fourth-order valence-corrected chi connectivity index (χ4v) is 3.72. The number of benzene rings is 1. The van der Waals surface area contributed by atoms with Gasteiger partial charge < -0.3 is 19.3 Å². The molecule has 0 bridgehead atoms. The van der Waals surface area contributed by atoms with Crippen molar-refractivity contribution in [2.24, 2.45) is 0 Å². The fraction of sp³-hybridized carbons (Fsp3) is 0.474. The van der Waals surface area contributed by atoms with E-state index in [2.05, 4.69) is 6.58 Å². The lowest BCUT2D eigenvalue weighted by atomic mass is 10.1. The van der Waals surface area contributed by atoms with Crippen LogP contribution < -0.4 is 9.47 Å². The van der Waals surface area contributed by atoms with E-state index in [0.717, 1.165) is 18.6 Å². The van der Waals surface area contributed by atoms with Gasteiger partial charge in [-0.25, -0.2) is 0 Å². The molecule has 1 spiro atoms. The van der Waals surface area contributed by atoms with E-state index in [4.69, 9.17) is 9.47 Å². The first kappa shape index (κ1) is 16.0. The highest BCUT2D eigenvalue weighted by Gasteiger charge is 2.53. The molecule has 0 N–H and O–H groups in total. The lowest BCUT2D eigenvalue weighted by molar-refractivity contribution is -0.144. The highest BCUT2D eigenvalue weighted by Crippen LogP contribution is 2.45. The molecule has 132 valence electrons. The Kier molecular flexibility index (Phi) is 3.90.